The third kappa shape index (κ3) is 3.95. The number of anilines is 2. The Bertz CT molecular complexity index is 821. The number of piperazine rings is 1. The molecule has 0 radical (unpaired) electrons. The average Bonchev–Trinajstić information content (AvgIpc) is 2.74. The molecule has 8 heteroatoms. The smallest absolute Gasteiger partial charge is 0.274 e. The number of hydrogen-bond acceptors (Lipinski definition) is 7. The van der Waals surface area contributed by atoms with E-state index in [2.05, 4.69) is 32.0 Å². The fourth-order valence-corrected chi connectivity index (χ4v) is 3.25. The lowest BCUT2D eigenvalue weighted by molar-refractivity contribution is 0.102. The summed E-state index contributed by atoms with van der Waals surface area (Å²) in [4.78, 5) is 25.7. The summed E-state index contributed by atoms with van der Waals surface area (Å²) in [5, 5.41) is 2.86. The molecule has 1 saturated heterocycles. The quantitative estimate of drug-likeness (QED) is 0.878. The van der Waals surface area contributed by atoms with Gasteiger partial charge >= 0.3 is 0 Å². The molecule has 0 atom stereocenters. The first-order valence-corrected chi connectivity index (χ1v) is 9.23. The molecule has 0 spiro atoms. The number of nitrogens with one attached hydrogen (secondary N) is 1. The van der Waals surface area contributed by atoms with Gasteiger partial charge in [-0.1, -0.05) is 6.92 Å². The minimum Gasteiger partial charge on any atom is -0.486 e. The van der Waals surface area contributed by atoms with Crippen LogP contribution in [0.3, 0.4) is 0 Å². The van der Waals surface area contributed by atoms with Gasteiger partial charge in [-0.25, -0.2) is 9.97 Å². The van der Waals surface area contributed by atoms with E-state index in [4.69, 9.17) is 9.47 Å². The van der Waals surface area contributed by atoms with Crippen LogP contribution in [0.5, 0.6) is 11.5 Å². The molecule has 1 aromatic carbocycles. The molecule has 1 aromatic heterocycles. The molecule has 0 bridgehead atoms. The monoisotopic (exact) mass is 369 g/mol. The number of amides is 1. The van der Waals surface area contributed by atoms with Crippen molar-refractivity contribution in [1.82, 2.24) is 14.9 Å². The lowest BCUT2D eigenvalue weighted by atomic mass is 10.2. The number of fused-ring (bicyclic) bond motifs is 1. The number of aromatic nitrogens is 2. The molecule has 2 aliphatic rings. The summed E-state index contributed by atoms with van der Waals surface area (Å²) < 4.78 is 11.1. The van der Waals surface area contributed by atoms with Gasteiger partial charge in [0.05, 0.1) is 0 Å². The Balaban J connectivity index is 1.45. The second-order valence-electron chi connectivity index (χ2n) is 6.50. The lowest BCUT2D eigenvalue weighted by Gasteiger charge is -2.34. The third-order valence-corrected chi connectivity index (χ3v) is 4.83. The Labute approximate surface area is 158 Å². The highest BCUT2D eigenvalue weighted by Gasteiger charge is 2.19. The molecule has 0 unspecified atom stereocenters. The van der Waals surface area contributed by atoms with E-state index in [1.807, 2.05) is 0 Å². The van der Waals surface area contributed by atoms with Gasteiger partial charge in [0.15, 0.2) is 11.5 Å². The standard InChI is InChI=1S/C19H23N5O3/c1-2-23-5-7-24(8-6-23)18-12-15(20-13-21-18)19(25)22-14-3-4-16-17(11-14)27-10-9-26-16/h3-4,11-13H,2,5-10H2,1H3,(H,22,25). The van der Waals surface area contributed by atoms with Crippen LogP contribution in [0.15, 0.2) is 30.6 Å². The summed E-state index contributed by atoms with van der Waals surface area (Å²) in [6.45, 7) is 8.06. The summed E-state index contributed by atoms with van der Waals surface area (Å²) in [7, 11) is 0. The largest absolute Gasteiger partial charge is 0.486 e. The van der Waals surface area contributed by atoms with Crippen LogP contribution < -0.4 is 19.7 Å². The lowest BCUT2D eigenvalue weighted by Crippen LogP contribution is -2.46. The van der Waals surface area contributed by atoms with E-state index in [1.165, 1.54) is 6.33 Å². The number of carbonyl (C=O) groups excluding carboxylic acids is 1. The van der Waals surface area contributed by atoms with E-state index in [-0.39, 0.29) is 5.91 Å². The van der Waals surface area contributed by atoms with Gasteiger partial charge in [-0.3, -0.25) is 4.79 Å². The first kappa shape index (κ1) is 17.5. The zero-order valence-electron chi connectivity index (χ0n) is 15.4. The van der Waals surface area contributed by atoms with Crippen LogP contribution >= 0.6 is 0 Å². The van der Waals surface area contributed by atoms with Gasteiger partial charge in [-0.2, -0.15) is 0 Å². The number of nitrogens with zero attached hydrogens (tertiary/aromatic N) is 4. The topological polar surface area (TPSA) is 79.8 Å². The van der Waals surface area contributed by atoms with Gasteiger partial charge in [0.1, 0.15) is 31.1 Å². The van der Waals surface area contributed by atoms with Gasteiger partial charge in [0, 0.05) is 44.0 Å². The molecule has 4 rings (SSSR count). The van der Waals surface area contributed by atoms with Crippen LogP contribution in [-0.4, -0.2) is 66.7 Å². The second-order valence-corrected chi connectivity index (χ2v) is 6.50. The highest BCUT2D eigenvalue weighted by atomic mass is 16.6. The van der Waals surface area contributed by atoms with Crippen LogP contribution in [0.2, 0.25) is 0 Å². The van der Waals surface area contributed by atoms with Gasteiger partial charge in [0.2, 0.25) is 0 Å². The molecule has 1 fully saturated rings. The van der Waals surface area contributed by atoms with Crippen LogP contribution in [0, 0.1) is 0 Å². The Kier molecular flexibility index (Phi) is 5.06. The Morgan fingerprint density at radius 3 is 2.63 bits per heavy atom. The molecule has 142 valence electrons. The highest BCUT2D eigenvalue weighted by Crippen LogP contribution is 2.32. The summed E-state index contributed by atoms with van der Waals surface area (Å²) in [5.41, 5.74) is 0.980. The molecule has 0 saturated carbocycles. The maximum absolute atomic E-state index is 12.6. The van der Waals surface area contributed by atoms with Crippen molar-refractivity contribution < 1.29 is 14.3 Å². The second kappa shape index (κ2) is 7.79. The maximum Gasteiger partial charge on any atom is 0.274 e. The minimum absolute atomic E-state index is 0.275. The molecule has 3 heterocycles. The van der Waals surface area contributed by atoms with Crippen molar-refractivity contribution in [1.29, 1.82) is 0 Å². The number of carbonyl (C=O) groups is 1. The van der Waals surface area contributed by atoms with Crippen molar-refractivity contribution in [3.8, 4) is 11.5 Å². The molecule has 0 aliphatic carbocycles. The normalized spacial score (nSPS) is 16.9. The molecule has 2 aliphatic heterocycles. The molecular formula is C19H23N5O3. The summed E-state index contributed by atoms with van der Waals surface area (Å²) in [5.74, 6) is 1.83. The van der Waals surface area contributed by atoms with Crippen molar-refractivity contribution in [2.45, 2.75) is 6.92 Å². The van der Waals surface area contributed by atoms with E-state index in [0.29, 0.717) is 36.1 Å². The Hall–Kier alpha value is -2.87. The first-order valence-electron chi connectivity index (χ1n) is 9.23. The SMILES string of the molecule is CCN1CCN(c2cc(C(=O)Nc3ccc4c(c3)OCCO4)ncn2)CC1. The van der Waals surface area contributed by atoms with Gasteiger partial charge in [0.25, 0.3) is 5.91 Å². The van der Waals surface area contributed by atoms with Crippen LogP contribution in [0.4, 0.5) is 11.5 Å². The molecule has 27 heavy (non-hydrogen) atoms. The van der Waals surface area contributed by atoms with Crippen molar-refractivity contribution in [2.75, 3.05) is 56.2 Å². The van der Waals surface area contributed by atoms with Crippen molar-refractivity contribution >= 4 is 17.4 Å². The predicted molar refractivity (Wildman–Crippen MR) is 102 cm³/mol. The number of benzene rings is 1. The minimum atomic E-state index is -0.275. The fraction of sp³-hybridized carbons (Fsp3) is 0.421. The van der Waals surface area contributed by atoms with Gasteiger partial charge in [-0.05, 0) is 18.7 Å². The molecular weight excluding hydrogens is 346 g/mol. The van der Waals surface area contributed by atoms with Crippen molar-refractivity contribution in [3.05, 3.63) is 36.3 Å². The van der Waals surface area contributed by atoms with Gasteiger partial charge < -0.3 is 24.6 Å². The summed E-state index contributed by atoms with van der Waals surface area (Å²) in [6.07, 6.45) is 1.44. The van der Waals surface area contributed by atoms with E-state index < -0.39 is 0 Å². The molecule has 1 N–H and O–H groups in total. The maximum atomic E-state index is 12.6. The average molecular weight is 369 g/mol. The predicted octanol–water partition coefficient (Wildman–Crippen LogP) is 1.64. The number of hydrogen-bond donors (Lipinski definition) is 1. The molecule has 8 nitrogen and oxygen atoms in total. The van der Waals surface area contributed by atoms with E-state index in [0.717, 1.165) is 38.5 Å². The van der Waals surface area contributed by atoms with E-state index >= 15 is 0 Å². The summed E-state index contributed by atoms with van der Waals surface area (Å²) in [6, 6.07) is 7.09. The Morgan fingerprint density at radius 2 is 1.85 bits per heavy atom. The highest BCUT2D eigenvalue weighted by molar-refractivity contribution is 6.03. The number of likely N-dealkylation sites (N-methyl/N-ethyl adjacent to an activating group) is 1. The van der Waals surface area contributed by atoms with E-state index in [9.17, 15) is 4.79 Å². The summed E-state index contributed by atoms with van der Waals surface area (Å²) >= 11 is 0. The van der Waals surface area contributed by atoms with Crippen molar-refractivity contribution in [3.63, 3.8) is 0 Å². The first-order chi connectivity index (χ1) is 13.2. The zero-order chi connectivity index (χ0) is 18.6. The van der Waals surface area contributed by atoms with Crippen molar-refractivity contribution in [2.24, 2.45) is 0 Å². The van der Waals surface area contributed by atoms with Gasteiger partial charge in [-0.15, -0.1) is 0 Å². The number of ether oxygens (including phenoxy) is 2. The third-order valence-electron chi connectivity index (χ3n) is 4.83. The van der Waals surface area contributed by atoms with Crippen LogP contribution in [0.1, 0.15) is 17.4 Å². The zero-order valence-corrected chi connectivity index (χ0v) is 15.4. The fourth-order valence-electron chi connectivity index (χ4n) is 3.25. The van der Waals surface area contributed by atoms with Crippen LogP contribution in [0.25, 0.3) is 0 Å². The Morgan fingerprint density at radius 1 is 1.07 bits per heavy atom. The molecule has 1 amide bonds. The molecule has 2 aromatic rings. The van der Waals surface area contributed by atoms with E-state index in [1.54, 1.807) is 24.3 Å². The number of rotatable bonds is 4. The van der Waals surface area contributed by atoms with Crippen LogP contribution in [-0.2, 0) is 0 Å².